The standard InChI is InChI=1S/C76H130O6/c1-4-7-10-13-16-19-22-24-26-28-30-32-34-35-36-37-38-39-40-41-43-44-46-48-50-52-54-57-60-63-66-69-75(78)81-72-73(71-80-74(77)68-65-62-59-56-21-18-15-12-9-6-3)82-76(79)70-67-64-61-58-55-53-51-49-47-45-42-33-31-29-27-25-23-20-17-14-11-8-5-2/h7-8,10-11,16-17,19-20,24-27,30-33,45,47,73H,4-6,9,12-15,18,21-23,28-29,34-44,46,48-72H2,1-3H3/b10-7-,11-8-,19-16-,20-17-,26-24-,27-25-,32-30-,33-31-,47-45-. The van der Waals surface area contributed by atoms with Crippen molar-refractivity contribution in [2.75, 3.05) is 13.2 Å². The molecule has 0 aliphatic carbocycles. The van der Waals surface area contributed by atoms with E-state index in [0.29, 0.717) is 19.3 Å². The van der Waals surface area contributed by atoms with E-state index in [1.165, 1.54) is 173 Å². The summed E-state index contributed by atoms with van der Waals surface area (Å²) in [4.78, 5) is 38.3. The summed E-state index contributed by atoms with van der Waals surface area (Å²) in [5.41, 5.74) is 0. The number of hydrogen-bond donors (Lipinski definition) is 0. The number of rotatable bonds is 63. The maximum absolute atomic E-state index is 12.9. The van der Waals surface area contributed by atoms with Gasteiger partial charge in [-0.15, -0.1) is 0 Å². The maximum atomic E-state index is 12.9. The minimum absolute atomic E-state index is 0.0788. The van der Waals surface area contributed by atoms with Gasteiger partial charge in [-0.3, -0.25) is 14.4 Å². The highest BCUT2D eigenvalue weighted by molar-refractivity contribution is 5.71. The third kappa shape index (κ3) is 66.9. The number of unbranched alkanes of at least 4 members (excludes halogenated alkanes) is 34. The smallest absolute Gasteiger partial charge is 0.306 e. The van der Waals surface area contributed by atoms with Crippen molar-refractivity contribution < 1.29 is 28.6 Å². The molecule has 0 bridgehead atoms. The maximum Gasteiger partial charge on any atom is 0.306 e. The van der Waals surface area contributed by atoms with Crippen molar-refractivity contribution in [2.45, 2.75) is 341 Å². The van der Waals surface area contributed by atoms with Crippen LogP contribution < -0.4 is 0 Å². The molecule has 0 radical (unpaired) electrons. The van der Waals surface area contributed by atoms with E-state index in [-0.39, 0.29) is 31.1 Å². The summed E-state index contributed by atoms with van der Waals surface area (Å²) in [6.45, 7) is 6.43. The lowest BCUT2D eigenvalue weighted by Crippen LogP contribution is -2.30. The Bertz CT molecular complexity index is 1640. The number of carbonyl (C=O) groups is 3. The Morgan fingerprint density at radius 3 is 0.744 bits per heavy atom. The summed E-state index contributed by atoms with van der Waals surface area (Å²) < 4.78 is 16.9. The van der Waals surface area contributed by atoms with E-state index < -0.39 is 6.10 Å². The minimum Gasteiger partial charge on any atom is -0.462 e. The SMILES string of the molecule is CC/C=C\C/C=C\C/C=C\C/C=C\C/C=C\CCCCCCCCCC(=O)OC(COC(=O)CCCCCCCCCCCC)COC(=O)CCCCCCCCCCCCCCCCCCCC/C=C\C/C=C\C/C=C\C/C=C\CC. The molecule has 6 heteroatoms. The van der Waals surface area contributed by atoms with Gasteiger partial charge < -0.3 is 14.2 Å². The second-order valence-electron chi connectivity index (χ2n) is 23.0. The third-order valence-electron chi connectivity index (χ3n) is 15.0. The van der Waals surface area contributed by atoms with Crippen LogP contribution in [0.2, 0.25) is 0 Å². The van der Waals surface area contributed by atoms with E-state index in [4.69, 9.17) is 14.2 Å². The van der Waals surface area contributed by atoms with E-state index in [9.17, 15) is 14.4 Å². The average Bonchev–Trinajstić information content (AvgIpc) is 3.47. The molecule has 470 valence electrons. The van der Waals surface area contributed by atoms with Gasteiger partial charge in [-0.25, -0.2) is 0 Å². The molecule has 82 heavy (non-hydrogen) atoms. The molecule has 0 aliphatic heterocycles. The Hall–Kier alpha value is -3.93. The molecule has 0 saturated carbocycles. The summed E-state index contributed by atoms with van der Waals surface area (Å²) in [7, 11) is 0. The Balaban J connectivity index is 4.18. The summed E-state index contributed by atoms with van der Waals surface area (Å²) in [5.74, 6) is -0.877. The van der Waals surface area contributed by atoms with Crippen molar-refractivity contribution >= 4 is 17.9 Å². The summed E-state index contributed by atoms with van der Waals surface area (Å²) in [5, 5.41) is 0. The van der Waals surface area contributed by atoms with Crippen LogP contribution in [0.5, 0.6) is 0 Å². The van der Waals surface area contributed by atoms with Crippen LogP contribution in [0.25, 0.3) is 0 Å². The zero-order chi connectivity index (χ0) is 59.2. The van der Waals surface area contributed by atoms with Crippen LogP contribution in [-0.2, 0) is 28.6 Å². The zero-order valence-electron chi connectivity index (χ0n) is 54.0. The molecule has 0 fully saturated rings. The highest BCUT2D eigenvalue weighted by atomic mass is 16.6. The van der Waals surface area contributed by atoms with Gasteiger partial charge in [0.1, 0.15) is 13.2 Å². The van der Waals surface area contributed by atoms with Gasteiger partial charge in [0.15, 0.2) is 6.10 Å². The second kappa shape index (κ2) is 69.6. The van der Waals surface area contributed by atoms with Gasteiger partial charge in [0.05, 0.1) is 0 Å². The van der Waals surface area contributed by atoms with Gasteiger partial charge in [0.2, 0.25) is 0 Å². The first-order valence-corrected chi connectivity index (χ1v) is 34.9. The van der Waals surface area contributed by atoms with Gasteiger partial charge in [-0.1, -0.05) is 323 Å². The summed E-state index contributed by atoms with van der Waals surface area (Å²) >= 11 is 0. The zero-order valence-corrected chi connectivity index (χ0v) is 54.0. The van der Waals surface area contributed by atoms with Crippen LogP contribution in [0.4, 0.5) is 0 Å². The van der Waals surface area contributed by atoms with Crippen molar-refractivity contribution in [3.63, 3.8) is 0 Å². The van der Waals surface area contributed by atoms with E-state index >= 15 is 0 Å². The van der Waals surface area contributed by atoms with Crippen LogP contribution in [0, 0.1) is 0 Å². The lowest BCUT2D eigenvalue weighted by Gasteiger charge is -2.18. The van der Waals surface area contributed by atoms with Gasteiger partial charge in [-0.05, 0) is 103 Å². The second-order valence-corrected chi connectivity index (χ2v) is 23.0. The van der Waals surface area contributed by atoms with Crippen molar-refractivity contribution in [3.05, 3.63) is 109 Å². The molecule has 0 aliphatic rings. The highest BCUT2D eigenvalue weighted by Crippen LogP contribution is 2.17. The van der Waals surface area contributed by atoms with Crippen LogP contribution >= 0.6 is 0 Å². The van der Waals surface area contributed by atoms with Gasteiger partial charge in [-0.2, -0.15) is 0 Å². The Morgan fingerprint density at radius 1 is 0.256 bits per heavy atom. The van der Waals surface area contributed by atoms with Crippen molar-refractivity contribution in [1.29, 1.82) is 0 Å². The molecule has 0 aromatic rings. The molecule has 0 amide bonds. The Kier molecular flexibility index (Phi) is 66.2. The van der Waals surface area contributed by atoms with Crippen LogP contribution in [-0.4, -0.2) is 37.2 Å². The number of hydrogen-bond acceptors (Lipinski definition) is 6. The van der Waals surface area contributed by atoms with Gasteiger partial charge in [0.25, 0.3) is 0 Å². The van der Waals surface area contributed by atoms with E-state index in [2.05, 4.69) is 130 Å². The molecule has 0 spiro atoms. The molecule has 0 saturated heterocycles. The summed E-state index contributed by atoms with van der Waals surface area (Å²) in [6, 6.07) is 0. The molecule has 0 rings (SSSR count). The van der Waals surface area contributed by atoms with Crippen molar-refractivity contribution in [3.8, 4) is 0 Å². The molecule has 6 nitrogen and oxygen atoms in total. The topological polar surface area (TPSA) is 78.9 Å². The third-order valence-corrected chi connectivity index (χ3v) is 15.0. The number of carbonyl (C=O) groups excluding carboxylic acids is 3. The monoisotopic (exact) mass is 1140 g/mol. The lowest BCUT2D eigenvalue weighted by atomic mass is 10.0. The van der Waals surface area contributed by atoms with Crippen molar-refractivity contribution in [2.24, 2.45) is 0 Å². The van der Waals surface area contributed by atoms with E-state index in [1.54, 1.807) is 0 Å². The molecule has 1 unspecified atom stereocenters. The molecule has 0 aromatic carbocycles. The summed E-state index contributed by atoms with van der Waals surface area (Å²) in [6.07, 6.45) is 95.5. The largest absolute Gasteiger partial charge is 0.462 e. The first kappa shape index (κ1) is 78.1. The van der Waals surface area contributed by atoms with Crippen LogP contribution in [0.1, 0.15) is 335 Å². The fourth-order valence-corrected chi connectivity index (χ4v) is 9.88. The van der Waals surface area contributed by atoms with Crippen molar-refractivity contribution in [1.82, 2.24) is 0 Å². The normalized spacial score (nSPS) is 12.8. The van der Waals surface area contributed by atoms with E-state index in [1.807, 2.05) is 0 Å². The Morgan fingerprint density at radius 2 is 0.476 bits per heavy atom. The number of ether oxygens (including phenoxy) is 3. The fraction of sp³-hybridized carbons (Fsp3) is 0.724. The molecule has 1 atom stereocenters. The first-order valence-electron chi connectivity index (χ1n) is 34.9. The van der Waals surface area contributed by atoms with Crippen LogP contribution in [0.15, 0.2) is 109 Å². The molecular weight excluding hydrogens is 1010 g/mol. The average molecular weight is 1140 g/mol. The first-order chi connectivity index (χ1) is 40.5. The minimum atomic E-state index is -0.783. The van der Waals surface area contributed by atoms with E-state index in [0.717, 1.165) is 122 Å². The Labute approximate surface area is 508 Å². The highest BCUT2D eigenvalue weighted by Gasteiger charge is 2.19. The number of esters is 3. The molecule has 0 aromatic heterocycles. The molecular formula is C76H130O6. The molecule has 0 heterocycles. The fourth-order valence-electron chi connectivity index (χ4n) is 9.88. The van der Waals surface area contributed by atoms with Crippen LogP contribution in [0.3, 0.4) is 0 Å². The van der Waals surface area contributed by atoms with Gasteiger partial charge in [0, 0.05) is 19.3 Å². The van der Waals surface area contributed by atoms with Gasteiger partial charge >= 0.3 is 17.9 Å². The molecule has 0 N–H and O–H groups in total. The lowest BCUT2D eigenvalue weighted by molar-refractivity contribution is -0.167. The predicted octanol–water partition coefficient (Wildman–Crippen LogP) is 24.2. The predicted molar refractivity (Wildman–Crippen MR) is 357 cm³/mol. The quantitative estimate of drug-likeness (QED) is 0.0261. The number of allylic oxidation sites excluding steroid dienone is 18.